The van der Waals surface area contributed by atoms with Crippen LogP contribution in [0.3, 0.4) is 0 Å². The molecule has 20 heavy (non-hydrogen) atoms. The zero-order valence-electron chi connectivity index (χ0n) is 12.1. The Labute approximate surface area is 119 Å². The smallest absolute Gasteiger partial charge is 0.0787 e. The highest BCUT2D eigenvalue weighted by atomic mass is 14.7. The molecule has 100 valence electrons. The molecule has 0 radical (unpaired) electrons. The maximum Gasteiger partial charge on any atom is 0.0787 e. The Balaban J connectivity index is 2.39. The van der Waals surface area contributed by atoms with Gasteiger partial charge < -0.3 is 5.73 Å². The van der Waals surface area contributed by atoms with Crippen LogP contribution in [0.5, 0.6) is 0 Å². The Morgan fingerprint density at radius 1 is 0.900 bits per heavy atom. The van der Waals surface area contributed by atoms with Crippen LogP contribution in [0.1, 0.15) is 16.7 Å². The molecule has 0 bridgehead atoms. The third-order valence-corrected chi connectivity index (χ3v) is 3.74. The number of nitrogen functional groups attached to an aromatic ring is 1. The van der Waals surface area contributed by atoms with E-state index in [9.17, 15) is 0 Å². The summed E-state index contributed by atoms with van der Waals surface area (Å²) in [6, 6.07) is 12.6. The number of nitrogens with zero attached hydrogens (tertiary/aromatic N) is 1. The average molecular weight is 262 g/mol. The lowest BCUT2D eigenvalue weighted by Crippen LogP contribution is -1.96. The summed E-state index contributed by atoms with van der Waals surface area (Å²) in [5.41, 5.74) is 12.8. The fraction of sp³-hybridized carbons (Fsp3) is 0.167. The molecule has 1 heterocycles. The normalized spacial score (nSPS) is 10.9. The van der Waals surface area contributed by atoms with E-state index in [1.165, 1.54) is 22.3 Å². The molecule has 0 aliphatic carbocycles. The Bertz CT molecular complexity index is 781. The zero-order valence-corrected chi connectivity index (χ0v) is 12.1. The molecule has 2 N–H and O–H groups in total. The van der Waals surface area contributed by atoms with Crippen molar-refractivity contribution >= 4 is 16.5 Å². The van der Waals surface area contributed by atoms with Gasteiger partial charge >= 0.3 is 0 Å². The van der Waals surface area contributed by atoms with Gasteiger partial charge in [0, 0.05) is 16.3 Å². The van der Waals surface area contributed by atoms with E-state index < -0.39 is 0 Å². The van der Waals surface area contributed by atoms with Crippen LogP contribution in [-0.2, 0) is 0 Å². The summed E-state index contributed by atoms with van der Waals surface area (Å²) < 4.78 is 0. The number of pyridine rings is 1. The highest BCUT2D eigenvalue weighted by Crippen LogP contribution is 2.34. The number of rotatable bonds is 1. The van der Waals surface area contributed by atoms with Crippen LogP contribution >= 0.6 is 0 Å². The van der Waals surface area contributed by atoms with E-state index in [0.29, 0.717) is 0 Å². The summed E-state index contributed by atoms with van der Waals surface area (Å²) in [5.74, 6) is 0. The van der Waals surface area contributed by atoms with Gasteiger partial charge in [0.25, 0.3) is 0 Å². The summed E-state index contributed by atoms with van der Waals surface area (Å²) in [6.07, 6.45) is 1.76. The van der Waals surface area contributed by atoms with Crippen molar-refractivity contribution in [3.63, 3.8) is 0 Å². The van der Waals surface area contributed by atoms with Gasteiger partial charge in [0.1, 0.15) is 0 Å². The average Bonchev–Trinajstić information content (AvgIpc) is 2.40. The van der Waals surface area contributed by atoms with E-state index in [2.05, 4.69) is 50.0 Å². The Morgan fingerprint density at radius 2 is 1.50 bits per heavy atom. The van der Waals surface area contributed by atoms with Gasteiger partial charge in [0.15, 0.2) is 0 Å². The number of fused-ring (bicyclic) bond motifs is 1. The second kappa shape index (κ2) is 4.64. The highest BCUT2D eigenvalue weighted by molar-refractivity contribution is 6.01. The Hall–Kier alpha value is -2.35. The minimum Gasteiger partial charge on any atom is -0.397 e. The van der Waals surface area contributed by atoms with Crippen molar-refractivity contribution in [1.82, 2.24) is 4.98 Å². The number of nitrogens with two attached hydrogens (primary N) is 1. The second-order valence-corrected chi connectivity index (χ2v) is 5.38. The van der Waals surface area contributed by atoms with Crippen molar-refractivity contribution in [3.05, 3.63) is 59.3 Å². The monoisotopic (exact) mass is 262 g/mol. The molecule has 0 saturated heterocycles. The van der Waals surface area contributed by atoms with Crippen LogP contribution in [0, 0.1) is 20.8 Å². The molecule has 0 aliphatic rings. The first-order valence-electron chi connectivity index (χ1n) is 6.79. The van der Waals surface area contributed by atoms with Crippen molar-refractivity contribution in [2.75, 3.05) is 5.73 Å². The van der Waals surface area contributed by atoms with E-state index in [0.717, 1.165) is 22.2 Å². The molecule has 0 unspecified atom stereocenters. The van der Waals surface area contributed by atoms with Crippen molar-refractivity contribution in [1.29, 1.82) is 0 Å². The zero-order chi connectivity index (χ0) is 14.3. The Kier molecular flexibility index (Phi) is 2.94. The molecule has 2 nitrogen and oxygen atoms in total. The molecule has 2 aromatic carbocycles. The molecular weight excluding hydrogens is 244 g/mol. The number of anilines is 1. The van der Waals surface area contributed by atoms with Crippen LogP contribution < -0.4 is 5.73 Å². The first-order chi connectivity index (χ1) is 9.58. The van der Waals surface area contributed by atoms with Crippen molar-refractivity contribution < 1.29 is 0 Å². The largest absolute Gasteiger partial charge is 0.397 e. The van der Waals surface area contributed by atoms with E-state index in [1.54, 1.807) is 6.20 Å². The predicted octanol–water partition coefficient (Wildman–Crippen LogP) is 4.41. The van der Waals surface area contributed by atoms with Gasteiger partial charge in [-0.25, -0.2) is 0 Å². The van der Waals surface area contributed by atoms with E-state index in [4.69, 9.17) is 5.73 Å². The standard InChI is InChI=1S/C18H18N2/c1-11-8-12(2)17(13(3)9-11)18-15-7-5-4-6-14(15)16(19)10-20-18/h4-10H,19H2,1-3H3. The molecule has 0 fully saturated rings. The first kappa shape index (κ1) is 12.7. The van der Waals surface area contributed by atoms with Crippen molar-refractivity contribution in [3.8, 4) is 11.3 Å². The van der Waals surface area contributed by atoms with Gasteiger partial charge in [-0.3, -0.25) is 4.98 Å². The molecule has 2 heteroatoms. The summed E-state index contributed by atoms with van der Waals surface area (Å²) in [5, 5.41) is 2.18. The quantitative estimate of drug-likeness (QED) is 0.705. The molecule has 0 aliphatic heterocycles. The van der Waals surface area contributed by atoms with E-state index in [-0.39, 0.29) is 0 Å². The number of aryl methyl sites for hydroxylation is 3. The SMILES string of the molecule is Cc1cc(C)c(-c2ncc(N)c3ccccc23)c(C)c1. The van der Waals surface area contributed by atoms with E-state index >= 15 is 0 Å². The van der Waals surface area contributed by atoms with Crippen LogP contribution in [0.25, 0.3) is 22.0 Å². The minimum absolute atomic E-state index is 0.728. The lowest BCUT2D eigenvalue weighted by atomic mass is 9.94. The van der Waals surface area contributed by atoms with Crippen LogP contribution in [-0.4, -0.2) is 4.98 Å². The second-order valence-electron chi connectivity index (χ2n) is 5.38. The summed E-state index contributed by atoms with van der Waals surface area (Å²) in [6.45, 7) is 6.41. The lowest BCUT2D eigenvalue weighted by Gasteiger charge is -2.14. The maximum absolute atomic E-state index is 6.04. The topological polar surface area (TPSA) is 38.9 Å². The van der Waals surface area contributed by atoms with Gasteiger partial charge in [-0.2, -0.15) is 0 Å². The molecule has 0 atom stereocenters. The van der Waals surface area contributed by atoms with Gasteiger partial charge in [-0.1, -0.05) is 42.0 Å². The highest BCUT2D eigenvalue weighted by Gasteiger charge is 2.12. The molecule has 0 amide bonds. The Morgan fingerprint density at radius 3 is 2.15 bits per heavy atom. The summed E-state index contributed by atoms with van der Waals surface area (Å²) in [4.78, 5) is 4.60. The molecule has 3 aromatic rings. The maximum atomic E-state index is 6.04. The molecular formula is C18H18N2. The van der Waals surface area contributed by atoms with E-state index in [1.807, 2.05) is 12.1 Å². The third kappa shape index (κ3) is 1.94. The van der Waals surface area contributed by atoms with Crippen molar-refractivity contribution in [2.45, 2.75) is 20.8 Å². The molecule has 0 spiro atoms. The van der Waals surface area contributed by atoms with Gasteiger partial charge in [-0.05, 0) is 31.9 Å². The molecule has 0 saturated carbocycles. The van der Waals surface area contributed by atoms with Gasteiger partial charge in [0.05, 0.1) is 17.6 Å². The number of benzene rings is 2. The predicted molar refractivity (Wildman–Crippen MR) is 85.8 cm³/mol. The minimum atomic E-state index is 0.728. The van der Waals surface area contributed by atoms with Crippen LogP contribution in [0.15, 0.2) is 42.6 Å². The van der Waals surface area contributed by atoms with Gasteiger partial charge in [-0.15, -0.1) is 0 Å². The summed E-state index contributed by atoms with van der Waals surface area (Å²) >= 11 is 0. The molecule has 1 aromatic heterocycles. The number of aromatic nitrogens is 1. The third-order valence-electron chi connectivity index (χ3n) is 3.74. The first-order valence-corrected chi connectivity index (χ1v) is 6.79. The molecule has 3 rings (SSSR count). The van der Waals surface area contributed by atoms with Crippen LogP contribution in [0.2, 0.25) is 0 Å². The fourth-order valence-electron chi connectivity index (χ4n) is 2.97. The number of hydrogen-bond donors (Lipinski definition) is 1. The lowest BCUT2D eigenvalue weighted by molar-refractivity contribution is 1.28. The summed E-state index contributed by atoms with van der Waals surface area (Å²) in [7, 11) is 0. The fourth-order valence-corrected chi connectivity index (χ4v) is 2.97. The number of hydrogen-bond acceptors (Lipinski definition) is 2. The van der Waals surface area contributed by atoms with Crippen molar-refractivity contribution in [2.24, 2.45) is 0 Å². The van der Waals surface area contributed by atoms with Crippen LogP contribution in [0.4, 0.5) is 5.69 Å². The van der Waals surface area contributed by atoms with Gasteiger partial charge in [0.2, 0.25) is 0 Å².